The van der Waals surface area contributed by atoms with Gasteiger partial charge in [0.25, 0.3) is 5.56 Å². The van der Waals surface area contributed by atoms with E-state index in [2.05, 4.69) is 0 Å². The maximum atomic E-state index is 12.9. The number of para-hydroxylation sites is 1. The lowest BCUT2D eigenvalue weighted by atomic mass is 10.0. The molecule has 0 bridgehead atoms. The molecule has 30 heavy (non-hydrogen) atoms. The van der Waals surface area contributed by atoms with Crippen LogP contribution >= 0.6 is 0 Å². The van der Waals surface area contributed by atoms with Gasteiger partial charge in [-0.15, -0.1) is 0 Å². The number of carbonyl (C=O) groups excluding carboxylic acids is 1. The maximum Gasteiger partial charge on any atom is 0.271 e. The number of ketones is 1. The average Bonchev–Trinajstić information content (AvgIpc) is 2.74. The number of hydrogen-bond acceptors (Lipinski definition) is 5. The fourth-order valence-electron chi connectivity index (χ4n) is 3.31. The number of carbonyl (C=O) groups is 1. The molecule has 1 heterocycles. The Morgan fingerprint density at radius 3 is 2.43 bits per heavy atom. The van der Waals surface area contributed by atoms with E-state index in [0.717, 1.165) is 15.7 Å². The third-order valence-corrected chi connectivity index (χ3v) is 5.00. The second-order valence-electron chi connectivity index (χ2n) is 6.98. The molecule has 6 nitrogen and oxygen atoms in total. The molecule has 0 amide bonds. The summed E-state index contributed by atoms with van der Waals surface area (Å²) in [5.41, 5.74) is 1.18. The van der Waals surface area contributed by atoms with Crippen LogP contribution in [0.15, 0.2) is 59.4 Å². The van der Waals surface area contributed by atoms with Crippen molar-refractivity contribution >= 4 is 5.78 Å². The van der Waals surface area contributed by atoms with Gasteiger partial charge in [0.05, 0.1) is 5.56 Å². The van der Waals surface area contributed by atoms with Crippen molar-refractivity contribution in [2.75, 3.05) is 6.61 Å². The van der Waals surface area contributed by atoms with Crippen LogP contribution in [0.3, 0.4) is 0 Å². The Bertz CT molecular complexity index is 1170. The summed E-state index contributed by atoms with van der Waals surface area (Å²) >= 11 is 0. The molecule has 1 N–H and O–H groups in total. The average molecular weight is 402 g/mol. The van der Waals surface area contributed by atoms with Gasteiger partial charge in [-0.2, -0.15) is 5.26 Å². The Morgan fingerprint density at radius 1 is 1.10 bits per heavy atom. The molecule has 0 spiro atoms. The van der Waals surface area contributed by atoms with Crippen LogP contribution in [-0.2, 0) is 13.0 Å². The highest BCUT2D eigenvalue weighted by Gasteiger charge is 2.24. The van der Waals surface area contributed by atoms with Crippen molar-refractivity contribution in [2.45, 2.75) is 26.8 Å². The molecule has 152 valence electrons. The summed E-state index contributed by atoms with van der Waals surface area (Å²) in [4.78, 5) is 25.6. The number of ether oxygens (including phenoxy) is 1. The largest absolute Gasteiger partial charge is 0.494 e. The number of nitriles is 1. The van der Waals surface area contributed by atoms with E-state index in [0.29, 0.717) is 12.2 Å². The highest BCUT2D eigenvalue weighted by atomic mass is 16.5. The van der Waals surface area contributed by atoms with Crippen LogP contribution in [0.1, 0.15) is 32.6 Å². The van der Waals surface area contributed by atoms with E-state index in [1.54, 1.807) is 12.1 Å². The van der Waals surface area contributed by atoms with Gasteiger partial charge in [-0.25, -0.2) is 0 Å². The number of pyridine rings is 1. The van der Waals surface area contributed by atoms with E-state index in [4.69, 9.17) is 4.74 Å². The van der Waals surface area contributed by atoms with Gasteiger partial charge in [-0.05, 0) is 43.0 Å². The molecule has 3 aromatic rings. The third kappa shape index (κ3) is 4.26. The number of rotatable bonds is 7. The van der Waals surface area contributed by atoms with Crippen LogP contribution in [0.5, 0.6) is 11.6 Å². The van der Waals surface area contributed by atoms with E-state index in [9.17, 15) is 20.0 Å². The number of aromatic hydroxyl groups is 1. The molecule has 6 heteroatoms. The van der Waals surface area contributed by atoms with E-state index in [1.807, 2.05) is 55.5 Å². The number of aromatic nitrogens is 1. The van der Waals surface area contributed by atoms with Gasteiger partial charge < -0.3 is 9.84 Å². The van der Waals surface area contributed by atoms with Crippen LogP contribution in [0.2, 0.25) is 0 Å². The Labute approximate surface area is 174 Å². The molecule has 0 aliphatic rings. The van der Waals surface area contributed by atoms with Crippen LogP contribution in [0.25, 0.3) is 0 Å². The van der Waals surface area contributed by atoms with Crippen molar-refractivity contribution in [1.82, 2.24) is 4.57 Å². The van der Waals surface area contributed by atoms with E-state index >= 15 is 0 Å². The minimum Gasteiger partial charge on any atom is -0.494 e. The first kappa shape index (κ1) is 20.9. The Hall–Kier alpha value is -3.85. The molecule has 0 radical (unpaired) electrons. The van der Waals surface area contributed by atoms with Crippen molar-refractivity contribution in [3.05, 3.63) is 92.8 Å². The number of Topliss-reactive ketones (excluding diaryl/α,β-unsaturated/α-hetero) is 1. The predicted octanol–water partition coefficient (Wildman–Crippen LogP) is 3.55. The molecular weight excluding hydrogens is 380 g/mol. The summed E-state index contributed by atoms with van der Waals surface area (Å²) in [5, 5.41) is 20.2. The Kier molecular flexibility index (Phi) is 6.33. The van der Waals surface area contributed by atoms with Crippen LogP contribution < -0.4 is 10.3 Å². The zero-order chi connectivity index (χ0) is 21.7. The van der Waals surface area contributed by atoms with Gasteiger partial charge >= 0.3 is 0 Å². The van der Waals surface area contributed by atoms with E-state index < -0.39 is 17.2 Å². The van der Waals surface area contributed by atoms with Crippen molar-refractivity contribution in [3.63, 3.8) is 0 Å². The molecule has 3 rings (SSSR count). The lowest BCUT2D eigenvalue weighted by Gasteiger charge is -2.16. The van der Waals surface area contributed by atoms with Crippen molar-refractivity contribution < 1.29 is 14.6 Å². The van der Waals surface area contributed by atoms with Crippen molar-refractivity contribution in [1.29, 1.82) is 5.26 Å². The van der Waals surface area contributed by atoms with Gasteiger partial charge in [0.1, 0.15) is 17.4 Å². The fraction of sp³-hybridized carbons (Fsp3) is 0.208. The number of benzene rings is 2. The Morgan fingerprint density at radius 2 is 1.77 bits per heavy atom. The molecule has 0 atom stereocenters. The van der Waals surface area contributed by atoms with Gasteiger partial charge in [-0.3, -0.25) is 14.2 Å². The molecule has 0 fully saturated rings. The highest BCUT2D eigenvalue weighted by Crippen LogP contribution is 2.24. The zero-order valence-corrected chi connectivity index (χ0v) is 16.9. The summed E-state index contributed by atoms with van der Waals surface area (Å²) in [5.74, 6) is -0.384. The number of nitrogens with zero attached hydrogens (tertiary/aromatic N) is 2. The molecule has 0 aliphatic carbocycles. The molecule has 2 aromatic carbocycles. The highest BCUT2D eigenvalue weighted by molar-refractivity contribution is 6.01. The molecule has 0 saturated carbocycles. The second-order valence-corrected chi connectivity index (χ2v) is 6.98. The quantitative estimate of drug-likeness (QED) is 0.610. The van der Waals surface area contributed by atoms with Crippen LogP contribution in [-0.4, -0.2) is 22.1 Å². The van der Waals surface area contributed by atoms with Crippen molar-refractivity contribution in [3.8, 4) is 17.7 Å². The molecule has 1 aromatic heterocycles. The van der Waals surface area contributed by atoms with E-state index in [1.165, 1.54) is 6.92 Å². The standard InChI is InChI=1S/C24H22N2O4/c1-16-8-6-7-11-21(16)30-15-20(27)22-17(2)19(14-25)23(28)26(24(22)29)13-12-18-9-4-3-5-10-18/h3-11,29H,12-13,15H2,1-2H3. The summed E-state index contributed by atoms with van der Waals surface area (Å²) in [7, 11) is 0. The number of aryl methyl sites for hydroxylation is 2. The first-order valence-electron chi connectivity index (χ1n) is 9.56. The minimum atomic E-state index is -0.611. The first-order chi connectivity index (χ1) is 14.4. The smallest absolute Gasteiger partial charge is 0.271 e. The summed E-state index contributed by atoms with van der Waals surface area (Å²) < 4.78 is 6.69. The lowest BCUT2D eigenvalue weighted by molar-refractivity contribution is 0.0916. The monoisotopic (exact) mass is 402 g/mol. The van der Waals surface area contributed by atoms with Gasteiger partial charge in [-0.1, -0.05) is 48.5 Å². The first-order valence-corrected chi connectivity index (χ1v) is 9.56. The summed E-state index contributed by atoms with van der Waals surface area (Å²) in [6.07, 6.45) is 0.468. The fourth-order valence-corrected chi connectivity index (χ4v) is 3.31. The van der Waals surface area contributed by atoms with Gasteiger partial charge in [0, 0.05) is 6.54 Å². The zero-order valence-electron chi connectivity index (χ0n) is 16.9. The molecular formula is C24H22N2O4. The molecule has 0 unspecified atom stereocenters. The third-order valence-electron chi connectivity index (χ3n) is 5.00. The van der Waals surface area contributed by atoms with Gasteiger partial charge in [0.15, 0.2) is 6.61 Å². The summed E-state index contributed by atoms with van der Waals surface area (Å²) in [6, 6.07) is 18.6. The summed E-state index contributed by atoms with van der Waals surface area (Å²) in [6.45, 7) is 3.17. The predicted molar refractivity (Wildman–Crippen MR) is 113 cm³/mol. The lowest BCUT2D eigenvalue weighted by Crippen LogP contribution is -2.28. The van der Waals surface area contributed by atoms with Crippen LogP contribution in [0.4, 0.5) is 0 Å². The van der Waals surface area contributed by atoms with E-state index in [-0.39, 0.29) is 29.8 Å². The topological polar surface area (TPSA) is 92.3 Å². The maximum absolute atomic E-state index is 12.9. The normalized spacial score (nSPS) is 10.4. The SMILES string of the molecule is Cc1ccccc1OCC(=O)c1c(C)c(C#N)c(=O)n(CCc2ccccc2)c1O. The molecule has 0 saturated heterocycles. The minimum absolute atomic E-state index is 0.0622. The van der Waals surface area contributed by atoms with Crippen LogP contribution in [0, 0.1) is 25.2 Å². The molecule has 0 aliphatic heterocycles. The van der Waals surface area contributed by atoms with Gasteiger partial charge in [0.2, 0.25) is 11.7 Å². The number of hydrogen-bond donors (Lipinski definition) is 1. The second kappa shape index (κ2) is 9.10. The Balaban J connectivity index is 1.93. The van der Waals surface area contributed by atoms with Crippen molar-refractivity contribution in [2.24, 2.45) is 0 Å².